The van der Waals surface area contributed by atoms with Crippen molar-refractivity contribution in [1.29, 1.82) is 0 Å². The first-order valence-corrected chi connectivity index (χ1v) is 10.9. The molecule has 0 saturated heterocycles. The Kier molecular flexibility index (Phi) is 4.78. The van der Waals surface area contributed by atoms with Crippen LogP contribution < -0.4 is 16.4 Å². The quantitative estimate of drug-likeness (QED) is 0.443. The van der Waals surface area contributed by atoms with Gasteiger partial charge in [-0.3, -0.25) is 4.98 Å². The second kappa shape index (κ2) is 7.30. The van der Waals surface area contributed by atoms with Crippen LogP contribution in [0.5, 0.6) is 0 Å². The maximum atomic E-state index is 11.8. The molecular formula is C20H19N5O4S. The average Bonchev–Trinajstić information content (AvgIpc) is 3.05. The smallest absolute Gasteiger partial charge is 0.408 e. The summed E-state index contributed by atoms with van der Waals surface area (Å²) in [5.41, 5.74) is 3.99. The van der Waals surface area contributed by atoms with E-state index in [-0.39, 0.29) is 4.90 Å². The highest BCUT2D eigenvalue weighted by Crippen LogP contribution is 2.26. The monoisotopic (exact) mass is 425 g/mol. The van der Waals surface area contributed by atoms with E-state index >= 15 is 0 Å². The van der Waals surface area contributed by atoms with Crippen molar-refractivity contribution in [2.24, 2.45) is 0 Å². The van der Waals surface area contributed by atoms with E-state index in [0.29, 0.717) is 28.6 Å². The molecule has 0 atom stereocenters. The second-order valence-corrected chi connectivity index (χ2v) is 8.98. The zero-order valence-corrected chi connectivity index (χ0v) is 17.3. The number of aryl methyl sites for hydroxylation is 2. The first kappa shape index (κ1) is 19.6. The second-order valence-electron chi connectivity index (χ2n) is 6.96. The number of aromatic nitrogens is 3. The largest absolute Gasteiger partial charge is 0.417 e. The van der Waals surface area contributed by atoms with Gasteiger partial charge in [0.1, 0.15) is 5.82 Å². The third-order valence-corrected chi connectivity index (χ3v) is 5.57. The molecule has 2 heterocycles. The summed E-state index contributed by atoms with van der Waals surface area (Å²) in [5.74, 6) is 0.367. The Morgan fingerprint density at radius 2 is 1.83 bits per heavy atom. The lowest BCUT2D eigenvalue weighted by atomic mass is 10.2. The number of rotatable bonds is 5. The van der Waals surface area contributed by atoms with Gasteiger partial charge in [-0.15, -0.1) is 0 Å². The van der Waals surface area contributed by atoms with E-state index in [1.807, 2.05) is 19.9 Å². The van der Waals surface area contributed by atoms with E-state index < -0.39 is 15.6 Å². The molecule has 0 aliphatic carbocycles. The molecule has 0 spiro atoms. The topological polar surface area (TPSA) is 130 Å². The average molecular weight is 425 g/mol. The van der Waals surface area contributed by atoms with E-state index in [9.17, 15) is 13.2 Å². The predicted octanol–water partition coefficient (Wildman–Crippen LogP) is 3.42. The van der Waals surface area contributed by atoms with E-state index in [1.54, 1.807) is 24.4 Å². The van der Waals surface area contributed by atoms with Crippen LogP contribution in [0, 0.1) is 13.8 Å². The van der Waals surface area contributed by atoms with Gasteiger partial charge in [0, 0.05) is 29.4 Å². The van der Waals surface area contributed by atoms with Crippen molar-refractivity contribution in [3.63, 3.8) is 0 Å². The molecule has 9 nitrogen and oxygen atoms in total. The van der Waals surface area contributed by atoms with Gasteiger partial charge in [-0.2, -0.15) is 4.98 Å². The Balaban J connectivity index is 1.63. The Labute approximate surface area is 172 Å². The fraction of sp³-hybridized carbons (Fsp3) is 0.150. The fourth-order valence-corrected chi connectivity index (χ4v) is 3.67. The molecule has 0 bridgehead atoms. The van der Waals surface area contributed by atoms with Crippen molar-refractivity contribution >= 4 is 44.1 Å². The van der Waals surface area contributed by atoms with Gasteiger partial charge in [0.05, 0.1) is 10.4 Å². The van der Waals surface area contributed by atoms with E-state index in [2.05, 4.69) is 25.6 Å². The molecule has 30 heavy (non-hydrogen) atoms. The lowest BCUT2D eigenvalue weighted by Crippen LogP contribution is -2.04. The molecule has 0 saturated carbocycles. The standard InChI is InChI=1S/C20H19N5O4S/c1-11-7-14(9-16-17(11)29-20(26)24-16)22-18-12(2)10-21-19(25-18)23-13-5-4-6-15(8-13)30(3,27)28/h4-10H,1-3H3,(H,24,26)(H2,21,22,23,25). The molecule has 0 radical (unpaired) electrons. The van der Waals surface area contributed by atoms with Gasteiger partial charge in [-0.1, -0.05) is 6.07 Å². The minimum atomic E-state index is -3.32. The van der Waals surface area contributed by atoms with Gasteiger partial charge in [0.2, 0.25) is 5.95 Å². The number of hydrogen-bond acceptors (Lipinski definition) is 8. The van der Waals surface area contributed by atoms with Crippen LogP contribution in [0.2, 0.25) is 0 Å². The highest BCUT2D eigenvalue weighted by Gasteiger charge is 2.11. The number of anilines is 4. The summed E-state index contributed by atoms with van der Waals surface area (Å²) in [7, 11) is -3.32. The van der Waals surface area contributed by atoms with Gasteiger partial charge in [0.25, 0.3) is 0 Å². The number of aromatic amines is 1. The van der Waals surface area contributed by atoms with Crippen molar-refractivity contribution in [3.8, 4) is 0 Å². The maximum absolute atomic E-state index is 11.8. The Morgan fingerprint density at radius 3 is 2.60 bits per heavy atom. The first-order chi connectivity index (χ1) is 14.2. The van der Waals surface area contributed by atoms with Gasteiger partial charge >= 0.3 is 5.76 Å². The molecule has 3 N–H and O–H groups in total. The highest BCUT2D eigenvalue weighted by atomic mass is 32.2. The van der Waals surface area contributed by atoms with Crippen LogP contribution in [0.15, 0.2) is 56.7 Å². The minimum absolute atomic E-state index is 0.204. The van der Waals surface area contributed by atoms with E-state index in [4.69, 9.17) is 4.42 Å². The van der Waals surface area contributed by atoms with Crippen LogP contribution in [-0.2, 0) is 9.84 Å². The summed E-state index contributed by atoms with van der Waals surface area (Å²) in [6, 6.07) is 10.1. The summed E-state index contributed by atoms with van der Waals surface area (Å²) in [5, 5.41) is 6.25. The predicted molar refractivity (Wildman–Crippen MR) is 114 cm³/mol. The van der Waals surface area contributed by atoms with Crippen LogP contribution in [0.4, 0.5) is 23.1 Å². The van der Waals surface area contributed by atoms with Crippen molar-refractivity contribution in [2.75, 3.05) is 16.9 Å². The van der Waals surface area contributed by atoms with Crippen LogP contribution in [-0.4, -0.2) is 29.6 Å². The molecule has 10 heteroatoms. The van der Waals surface area contributed by atoms with Crippen LogP contribution in [0.3, 0.4) is 0 Å². The van der Waals surface area contributed by atoms with Crippen molar-refractivity contribution in [2.45, 2.75) is 18.7 Å². The Morgan fingerprint density at radius 1 is 1.03 bits per heavy atom. The van der Waals surface area contributed by atoms with Gasteiger partial charge in [-0.05, 0) is 49.7 Å². The zero-order valence-electron chi connectivity index (χ0n) is 16.5. The van der Waals surface area contributed by atoms with Crippen molar-refractivity contribution in [1.82, 2.24) is 15.0 Å². The molecule has 4 aromatic rings. The Bertz CT molecular complexity index is 1420. The number of benzene rings is 2. The van der Waals surface area contributed by atoms with Crippen LogP contribution >= 0.6 is 0 Å². The summed E-state index contributed by atoms with van der Waals surface area (Å²) in [6.45, 7) is 3.71. The molecular weight excluding hydrogens is 406 g/mol. The van der Waals surface area contributed by atoms with Gasteiger partial charge < -0.3 is 15.1 Å². The van der Waals surface area contributed by atoms with Crippen LogP contribution in [0.1, 0.15) is 11.1 Å². The number of oxazole rings is 1. The third kappa shape index (κ3) is 4.03. The van der Waals surface area contributed by atoms with Crippen molar-refractivity contribution in [3.05, 3.63) is 64.3 Å². The number of sulfone groups is 1. The molecule has 0 fully saturated rings. The molecule has 2 aromatic heterocycles. The number of hydrogen-bond donors (Lipinski definition) is 3. The summed E-state index contributed by atoms with van der Waals surface area (Å²) < 4.78 is 28.7. The summed E-state index contributed by atoms with van der Waals surface area (Å²) >= 11 is 0. The fourth-order valence-electron chi connectivity index (χ4n) is 3.00. The zero-order chi connectivity index (χ0) is 21.5. The lowest BCUT2D eigenvalue weighted by Gasteiger charge is -2.12. The minimum Gasteiger partial charge on any atom is -0.408 e. The molecule has 0 aliphatic rings. The lowest BCUT2D eigenvalue weighted by molar-refractivity contribution is 0.553. The molecule has 4 rings (SSSR count). The Hall–Kier alpha value is -3.66. The number of nitrogens with zero attached hydrogens (tertiary/aromatic N) is 2. The number of nitrogens with one attached hydrogen (secondary N) is 3. The third-order valence-electron chi connectivity index (χ3n) is 4.46. The van der Waals surface area contributed by atoms with Crippen LogP contribution in [0.25, 0.3) is 11.1 Å². The maximum Gasteiger partial charge on any atom is 0.417 e. The SMILES string of the molecule is Cc1cnc(Nc2cccc(S(C)(=O)=O)c2)nc1Nc1cc(C)c2oc(=O)[nH]c2c1. The van der Waals surface area contributed by atoms with E-state index in [1.165, 1.54) is 12.1 Å². The van der Waals surface area contributed by atoms with Crippen molar-refractivity contribution < 1.29 is 12.8 Å². The summed E-state index contributed by atoms with van der Waals surface area (Å²) in [4.78, 5) is 23.1. The first-order valence-electron chi connectivity index (χ1n) is 9.00. The van der Waals surface area contributed by atoms with E-state index in [0.717, 1.165) is 23.1 Å². The summed E-state index contributed by atoms with van der Waals surface area (Å²) in [6.07, 6.45) is 2.81. The number of H-pyrrole nitrogens is 1. The normalized spacial score (nSPS) is 11.6. The van der Waals surface area contributed by atoms with Gasteiger partial charge in [-0.25, -0.2) is 18.2 Å². The van der Waals surface area contributed by atoms with Gasteiger partial charge in [0.15, 0.2) is 15.4 Å². The number of fused-ring (bicyclic) bond motifs is 1. The highest BCUT2D eigenvalue weighted by molar-refractivity contribution is 7.90. The molecule has 0 amide bonds. The molecule has 0 unspecified atom stereocenters. The molecule has 0 aliphatic heterocycles. The molecule has 2 aromatic carbocycles. The molecule has 154 valence electrons.